The van der Waals surface area contributed by atoms with Crippen molar-refractivity contribution in [1.82, 2.24) is 10.1 Å². The number of para-hydroxylation sites is 1. The molecule has 3 aromatic heterocycles. The lowest BCUT2D eigenvalue weighted by Crippen LogP contribution is -2.07. The number of esters is 1. The van der Waals surface area contributed by atoms with Gasteiger partial charge in [-0.15, -0.1) is 11.3 Å². The first-order valence-electron chi connectivity index (χ1n) is 7.74. The van der Waals surface area contributed by atoms with Crippen LogP contribution in [0.3, 0.4) is 0 Å². The van der Waals surface area contributed by atoms with Crippen molar-refractivity contribution in [3.8, 4) is 10.6 Å². The zero-order valence-corrected chi connectivity index (χ0v) is 14.2. The Morgan fingerprint density at radius 2 is 2.08 bits per heavy atom. The van der Waals surface area contributed by atoms with E-state index in [2.05, 4.69) is 10.1 Å². The molecule has 0 N–H and O–H groups in total. The molecule has 5 nitrogen and oxygen atoms in total. The van der Waals surface area contributed by atoms with Crippen LogP contribution in [0.1, 0.15) is 21.8 Å². The van der Waals surface area contributed by atoms with E-state index in [-0.39, 0.29) is 6.61 Å². The Balaban J connectivity index is 1.70. The van der Waals surface area contributed by atoms with Gasteiger partial charge in [0.1, 0.15) is 18.1 Å². The number of rotatable bonds is 4. The van der Waals surface area contributed by atoms with Gasteiger partial charge in [-0.2, -0.15) is 0 Å². The average Bonchev–Trinajstić information content (AvgIpc) is 3.30. The first kappa shape index (κ1) is 15.5. The first-order valence-corrected chi connectivity index (χ1v) is 8.61. The minimum atomic E-state index is -0.406. The molecular weight excluding hydrogens is 336 g/mol. The summed E-state index contributed by atoms with van der Waals surface area (Å²) in [4.78, 5) is 18.3. The highest BCUT2D eigenvalue weighted by molar-refractivity contribution is 7.13. The standard InChI is InChI=1S/C19H14N2O3S/c1-12-9-13(21-24-12)11-23-19(22)15-10-17(18-7-4-8-25-18)20-16-6-3-2-5-14(15)16/h2-10H,11H2,1H3. The maximum atomic E-state index is 12.7. The number of aryl methyl sites for hydroxylation is 1. The van der Waals surface area contributed by atoms with Gasteiger partial charge in [0, 0.05) is 11.5 Å². The van der Waals surface area contributed by atoms with Crippen molar-refractivity contribution in [2.45, 2.75) is 13.5 Å². The maximum Gasteiger partial charge on any atom is 0.339 e. The van der Waals surface area contributed by atoms with E-state index in [1.807, 2.05) is 41.8 Å². The number of nitrogens with zero attached hydrogens (tertiary/aromatic N) is 2. The Morgan fingerprint density at radius 1 is 1.20 bits per heavy atom. The van der Waals surface area contributed by atoms with Crippen LogP contribution in [0.15, 0.2) is 58.4 Å². The third kappa shape index (κ3) is 3.16. The summed E-state index contributed by atoms with van der Waals surface area (Å²) in [6.07, 6.45) is 0. The van der Waals surface area contributed by atoms with E-state index >= 15 is 0 Å². The van der Waals surface area contributed by atoms with Gasteiger partial charge in [0.05, 0.1) is 21.7 Å². The molecule has 3 heterocycles. The van der Waals surface area contributed by atoms with Crippen molar-refractivity contribution in [2.24, 2.45) is 0 Å². The summed E-state index contributed by atoms with van der Waals surface area (Å²) in [6.45, 7) is 1.86. The van der Waals surface area contributed by atoms with E-state index in [4.69, 9.17) is 9.26 Å². The second kappa shape index (κ2) is 6.49. The molecule has 0 radical (unpaired) electrons. The summed E-state index contributed by atoms with van der Waals surface area (Å²) in [7, 11) is 0. The lowest BCUT2D eigenvalue weighted by atomic mass is 10.1. The summed E-state index contributed by atoms with van der Waals surface area (Å²) >= 11 is 1.58. The normalized spacial score (nSPS) is 10.9. The maximum absolute atomic E-state index is 12.7. The Morgan fingerprint density at radius 3 is 2.84 bits per heavy atom. The van der Waals surface area contributed by atoms with Crippen molar-refractivity contribution in [3.63, 3.8) is 0 Å². The topological polar surface area (TPSA) is 65.2 Å². The highest BCUT2D eigenvalue weighted by atomic mass is 32.1. The van der Waals surface area contributed by atoms with Crippen molar-refractivity contribution < 1.29 is 14.1 Å². The predicted molar refractivity (Wildman–Crippen MR) is 95.4 cm³/mol. The second-order valence-electron chi connectivity index (χ2n) is 5.55. The Labute approximate surface area is 147 Å². The number of hydrogen-bond acceptors (Lipinski definition) is 6. The molecule has 0 aliphatic heterocycles. The van der Waals surface area contributed by atoms with E-state index < -0.39 is 5.97 Å². The van der Waals surface area contributed by atoms with Gasteiger partial charge in [0.15, 0.2) is 0 Å². The first-order chi connectivity index (χ1) is 12.2. The van der Waals surface area contributed by atoms with E-state index in [1.54, 1.807) is 30.4 Å². The molecule has 124 valence electrons. The number of benzene rings is 1. The fourth-order valence-corrected chi connectivity index (χ4v) is 3.28. The average molecular weight is 350 g/mol. The molecule has 0 bridgehead atoms. The van der Waals surface area contributed by atoms with Gasteiger partial charge in [-0.3, -0.25) is 0 Å². The molecular formula is C19H14N2O3S. The molecule has 0 saturated carbocycles. The zero-order valence-electron chi connectivity index (χ0n) is 13.4. The number of fused-ring (bicyclic) bond motifs is 1. The minimum absolute atomic E-state index is 0.0706. The van der Waals surface area contributed by atoms with Crippen molar-refractivity contribution in [2.75, 3.05) is 0 Å². The van der Waals surface area contributed by atoms with E-state index in [0.29, 0.717) is 17.0 Å². The summed E-state index contributed by atoms with van der Waals surface area (Å²) in [5.74, 6) is 0.275. The SMILES string of the molecule is Cc1cc(COC(=O)c2cc(-c3cccs3)nc3ccccc23)no1. The number of carbonyl (C=O) groups excluding carboxylic acids is 1. The van der Waals surface area contributed by atoms with Crippen molar-refractivity contribution in [1.29, 1.82) is 0 Å². The lowest BCUT2D eigenvalue weighted by Gasteiger charge is -2.08. The molecule has 0 fully saturated rings. The van der Waals surface area contributed by atoms with Gasteiger partial charge in [-0.05, 0) is 30.5 Å². The number of carbonyl (C=O) groups is 1. The highest BCUT2D eigenvalue weighted by Crippen LogP contribution is 2.28. The summed E-state index contributed by atoms with van der Waals surface area (Å²) in [5.41, 5.74) is 2.60. The smallest absolute Gasteiger partial charge is 0.339 e. The van der Waals surface area contributed by atoms with E-state index in [1.165, 1.54) is 0 Å². The van der Waals surface area contributed by atoms with Gasteiger partial charge in [-0.25, -0.2) is 9.78 Å². The van der Waals surface area contributed by atoms with Gasteiger partial charge < -0.3 is 9.26 Å². The van der Waals surface area contributed by atoms with Gasteiger partial charge in [0.2, 0.25) is 0 Å². The van der Waals surface area contributed by atoms with Crippen LogP contribution in [0.5, 0.6) is 0 Å². The molecule has 25 heavy (non-hydrogen) atoms. The van der Waals surface area contributed by atoms with Crippen LogP contribution < -0.4 is 0 Å². The van der Waals surface area contributed by atoms with Crippen LogP contribution in [-0.4, -0.2) is 16.1 Å². The van der Waals surface area contributed by atoms with Gasteiger partial charge in [-0.1, -0.05) is 29.4 Å². The molecule has 0 spiro atoms. The minimum Gasteiger partial charge on any atom is -0.455 e. The highest BCUT2D eigenvalue weighted by Gasteiger charge is 2.16. The van der Waals surface area contributed by atoms with Crippen molar-refractivity contribution >= 4 is 28.2 Å². The Hall–Kier alpha value is -2.99. The van der Waals surface area contributed by atoms with Crippen LogP contribution in [0.25, 0.3) is 21.5 Å². The fourth-order valence-electron chi connectivity index (χ4n) is 2.60. The van der Waals surface area contributed by atoms with E-state index in [0.717, 1.165) is 21.5 Å². The number of pyridine rings is 1. The molecule has 1 aromatic carbocycles. The molecule has 0 atom stereocenters. The third-order valence-corrected chi connectivity index (χ3v) is 4.63. The summed E-state index contributed by atoms with van der Waals surface area (Å²) in [6, 6.07) is 15.0. The molecule has 4 aromatic rings. The number of hydrogen-bond donors (Lipinski definition) is 0. The van der Waals surface area contributed by atoms with Crippen LogP contribution in [0, 0.1) is 6.92 Å². The molecule has 0 amide bonds. The Bertz CT molecular complexity index is 1040. The molecule has 0 aliphatic rings. The molecule has 4 rings (SSSR count). The number of aromatic nitrogens is 2. The number of ether oxygens (including phenoxy) is 1. The summed E-state index contributed by atoms with van der Waals surface area (Å²) in [5, 5.41) is 6.59. The van der Waals surface area contributed by atoms with E-state index in [9.17, 15) is 4.79 Å². The zero-order chi connectivity index (χ0) is 17.2. The van der Waals surface area contributed by atoms with Crippen LogP contribution in [0.2, 0.25) is 0 Å². The van der Waals surface area contributed by atoms with Crippen LogP contribution in [-0.2, 0) is 11.3 Å². The monoisotopic (exact) mass is 350 g/mol. The molecule has 0 aliphatic carbocycles. The predicted octanol–water partition coefficient (Wildman–Crippen LogP) is 4.62. The van der Waals surface area contributed by atoms with Gasteiger partial charge >= 0.3 is 5.97 Å². The Kier molecular flexibility index (Phi) is 4.03. The lowest BCUT2D eigenvalue weighted by molar-refractivity contribution is 0.0466. The van der Waals surface area contributed by atoms with Gasteiger partial charge in [0.25, 0.3) is 0 Å². The molecule has 0 saturated heterocycles. The van der Waals surface area contributed by atoms with Crippen molar-refractivity contribution in [3.05, 3.63) is 70.9 Å². The summed E-state index contributed by atoms with van der Waals surface area (Å²) < 4.78 is 10.4. The van der Waals surface area contributed by atoms with Crippen LogP contribution >= 0.6 is 11.3 Å². The second-order valence-corrected chi connectivity index (χ2v) is 6.50. The third-order valence-electron chi connectivity index (χ3n) is 3.74. The molecule has 0 unspecified atom stereocenters. The largest absolute Gasteiger partial charge is 0.455 e. The number of thiophene rings is 1. The quantitative estimate of drug-likeness (QED) is 0.503. The molecule has 6 heteroatoms. The van der Waals surface area contributed by atoms with Crippen LogP contribution in [0.4, 0.5) is 0 Å². The fraction of sp³-hybridized carbons (Fsp3) is 0.105.